The number of hydrogen-bond acceptors (Lipinski definition) is 33. The molecule has 12 aromatic rings. The molecule has 1 amide bonds. The first kappa shape index (κ1) is 106. The van der Waals surface area contributed by atoms with Gasteiger partial charge in [-0.2, -0.15) is 40.8 Å². The minimum absolute atomic E-state index is 0. The summed E-state index contributed by atoms with van der Waals surface area (Å²) in [4.78, 5) is 56.3. The van der Waals surface area contributed by atoms with E-state index in [1.54, 1.807) is 38.0 Å². The number of nitrogens with one attached hydrogen (secondary N) is 1. The Morgan fingerprint density at radius 3 is 1.22 bits per heavy atom. The molecule has 0 radical (unpaired) electrons. The van der Waals surface area contributed by atoms with E-state index < -0.39 is 30.2 Å². The van der Waals surface area contributed by atoms with Crippen LogP contribution in [0.4, 0.5) is 0 Å². The molecule has 6 aliphatic rings. The number of hydrogen-bond donors (Lipinski definition) is 5. The Kier molecular flexibility index (Phi) is 46.1. The number of benzene rings is 2. The van der Waals surface area contributed by atoms with Crippen LogP contribution in [-0.4, -0.2) is 217 Å². The number of terminal acetylenes is 1. The molecule has 10 aromatic heterocycles. The van der Waals surface area contributed by atoms with E-state index in [4.69, 9.17) is 32.2 Å². The minimum Gasteiger partial charge on any atom is -0.870 e. The number of nitrogens with two attached hydrogens (primary N) is 1. The quantitative estimate of drug-likeness (QED) is 0.00971. The van der Waals surface area contributed by atoms with Crippen molar-refractivity contribution in [2.45, 2.75) is 175 Å². The molecule has 5 aliphatic carbocycles. The maximum Gasteiger partial charge on any atom is 1.00 e. The second-order valence-corrected chi connectivity index (χ2v) is 30.7. The monoisotopic (exact) mass is 1940 g/mol. The Hall–Kier alpha value is -14.2. The molecule has 1 saturated heterocycles. The number of esters is 3. The van der Waals surface area contributed by atoms with Crippen molar-refractivity contribution < 1.29 is 82.6 Å². The molecule has 40 nitrogen and oxygen atoms in total. The number of methoxy groups -OCH3 is 3. The Morgan fingerprint density at radius 1 is 0.489 bits per heavy atom. The van der Waals surface area contributed by atoms with Gasteiger partial charge in [0.25, 0.3) is 5.91 Å². The summed E-state index contributed by atoms with van der Waals surface area (Å²) in [7, 11) is 3.93. The van der Waals surface area contributed by atoms with Gasteiger partial charge in [-0.1, -0.05) is 153 Å². The number of aromatic carboxylic acids is 1. The van der Waals surface area contributed by atoms with Gasteiger partial charge in [0.15, 0.2) is 34.8 Å². The maximum atomic E-state index is 12.2. The van der Waals surface area contributed by atoms with E-state index >= 15 is 0 Å². The van der Waals surface area contributed by atoms with Crippen LogP contribution >= 0.6 is 22.6 Å². The van der Waals surface area contributed by atoms with Crippen molar-refractivity contribution in [2.24, 2.45) is 5.73 Å². The second-order valence-electron chi connectivity index (χ2n) is 29.6. The van der Waals surface area contributed by atoms with Crippen LogP contribution in [0.1, 0.15) is 214 Å². The first-order valence-corrected chi connectivity index (χ1v) is 44.1. The molecule has 2 aromatic carbocycles. The zero-order valence-corrected chi connectivity index (χ0v) is 77.8. The van der Waals surface area contributed by atoms with Crippen LogP contribution in [0.5, 0.6) is 0 Å². The number of aliphatic hydroxyl groups is 2. The average molecular weight is 1940 g/mol. The van der Waals surface area contributed by atoms with Gasteiger partial charge in [-0.25, -0.2) is 19.2 Å². The van der Waals surface area contributed by atoms with E-state index in [1.807, 2.05) is 78.9 Å². The molecule has 7 N–H and O–H groups in total. The number of unbranched alkanes of at least 4 members (excludes halogenated alkanes) is 3. The number of ether oxygens (including phenoxy) is 4. The van der Waals surface area contributed by atoms with Crippen LogP contribution in [0.2, 0.25) is 0 Å². The van der Waals surface area contributed by atoms with Gasteiger partial charge < -0.3 is 50.8 Å². The number of allylic oxidation sites excluding steroid dienone is 5. The maximum absolute atomic E-state index is 12.2. The number of nitrogens with zero attached hydrogens (tertiary/aromatic N) is 25. The van der Waals surface area contributed by atoms with Crippen molar-refractivity contribution in [3.8, 4) is 24.2 Å². The summed E-state index contributed by atoms with van der Waals surface area (Å²) in [6, 6.07) is 30.1. The number of aliphatic hydroxyl groups excluding tert-OH is 2. The molecule has 135 heavy (non-hydrogen) atoms. The normalized spacial score (nSPS) is 12.5. The van der Waals surface area contributed by atoms with Crippen LogP contribution in [-0.2, 0) is 116 Å². The number of aryl methyl sites for hydroxylation is 8. The number of halogens is 1. The van der Waals surface area contributed by atoms with Gasteiger partial charge in [0.1, 0.15) is 9.39 Å². The molecule has 698 valence electrons. The van der Waals surface area contributed by atoms with Crippen LogP contribution in [0.3, 0.4) is 0 Å². The van der Waals surface area contributed by atoms with E-state index in [0.717, 1.165) is 176 Å². The summed E-state index contributed by atoms with van der Waals surface area (Å²) in [5.41, 5.74) is 23.3. The minimum atomic E-state index is -1.05. The fourth-order valence-electron chi connectivity index (χ4n) is 12.8. The number of carboxylic acids is 1. The van der Waals surface area contributed by atoms with Gasteiger partial charge in [-0.3, -0.25) is 28.2 Å². The molecule has 42 heteroatoms. The topological polar surface area (TPSA) is 533 Å². The van der Waals surface area contributed by atoms with Gasteiger partial charge in [-0.15, -0.1) is 48.0 Å². The van der Waals surface area contributed by atoms with Gasteiger partial charge in [0.05, 0.1) is 111 Å². The van der Waals surface area contributed by atoms with Crippen LogP contribution in [0, 0.1) is 27.9 Å². The van der Waals surface area contributed by atoms with E-state index in [2.05, 4.69) is 235 Å². The Bertz CT molecular complexity index is 6040. The number of carbonyl (C=O) groups excluding carboxylic acids is 4. The van der Waals surface area contributed by atoms with Crippen molar-refractivity contribution in [1.29, 1.82) is 0 Å². The molecule has 0 bridgehead atoms. The fraction of sp³-hybridized carbons (Fsp3) is 0.344. The summed E-state index contributed by atoms with van der Waals surface area (Å²) < 4.78 is 27.3. The van der Waals surface area contributed by atoms with E-state index in [-0.39, 0.29) is 59.6 Å². The molecule has 0 spiro atoms. The summed E-state index contributed by atoms with van der Waals surface area (Å²) in [6.45, 7) is 6.96. The summed E-state index contributed by atoms with van der Waals surface area (Å²) in [6.07, 6.45) is 48.9. The third-order valence-corrected chi connectivity index (χ3v) is 20.2. The SMILES string of the molecule is C#CCCn1cc(C(=O)OC)nn1.CCO.COC(=O)c1cn(CCC#Cc2cc3c(nn2)CC=C3)nn1.COC(=O)c1cn(CCCCc2cc3c(nn2)CC=C3)nn1.Ic1cc2c(nn1)CC=C2.NCc1ccccc1.O=C(NCc1ccccc1)c1cn(CCCCc2cc3c(nn2)CC=C3)nn1.O=C(O)c1cn(CCCCc2cc3c(nn2)CC=C3)nn1.OC1CCCO1.[Li+].[OH-]. The first-order chi connectivity index (χ1) is 64.9. The molecule has 0 saturated carbocycles. The third-order valence-electron chi connectivity index (χ3n) is 19.7. The van der Waals surface area contributed by atoms with Gasteiger partial charge in [-0.05, 0) is 158 Å². The van der Waals surface area contributed by atoms with E-state index in [9.17, 15) is 24.0 Å². The largest absolute Gasteiger partial charge is 1.00 e. The zero-order chi connectivity index (χ0) is 94.2. The summed E-state index contributed by atoms with van der Waals surface area (Å²) in [5, 5.41) is 107. The van der Waals surface area contributed by atoms with E-state index in [1.165, 1.54) is 72.4 Å². The molecule has 1 unspecified atom stereocenters. The van der Waals surface area contributed by atoms with Crippen molar-refractivity contribution in [1.82, 2.24) is 131 Å². The van der Waals surface area contributed by atoms with Crippen LogP contribution < -0.4 is 29.9 Å². The fourth-order valence-corrected chi connectivity index (χ4v) is 13.3. The Morgan fingerprint density at radius 2 is 0.852 bits per heavy atom. The van der Waals surface area contributed by atoms with Gasteiger partial charge in [0.2, 0.25) is 0 Å². The number of rotatable bonds is 27. The number of fused-ring (bicyclic) bond motifs is 5. The molecular formula is C93H105ILiN27O13. The van der Waals surface area contributed by atoms with E-state index in [0.29, 0.717) is 63.5 Å². The number of carbonyl (C=O) groups is 5. The molecule has 1 atom stereocenters. The number of aromatic nitrogens is 25. The molecule has 1 fully saturated rings. The number of carboxylic acid groups (broad SMARTS) is 1. The average Bonchev–Trinajstić information content (AvgIpc) is 1.72. The molecule has 11 heterocycles. The molecular weight excluding hydrogens is 1840 g/mol. The predicted octanol–water partition coefficient (Wildman–Crippen LogP) is 6.09. The third kappa shape index (κ3) is 36.4. The molecule has 18 rings (SSSR count). The first-order valence-electron chi connectivity index (χ1n) is 43.1. The van der Waals surface area contributed by atoms with Crippen molar-refractivity contribution in [3.63, 3.8) is 0 Å². The van der Waals surface area contributed by atoms with Gasteiger partial charge >= 0.3 is 42.7 Å². The Balaban J connectivity index is 0.000000195. The Labute approximate surface area is 805 Å². The summed E-state index contributed by atoms with van der Waals surface area (Å²) in [5.74, 6) is 5.73. The predicted molar refractivity (Wildman–Crippen MR) is 499 cm³/mol. The van der Waals surface area contributed by atoms with Gasteiger partial charge in [0, 0.05) is 108 Å². The smallest absolute Gasteiger partial charge is 0.870 e. The van der Waals surface area contributed by atoms with Crippen molar-refractivity contribution in [2.75, 3.05) is 34.5 Å². The zero-order valence-electron chi connectivity index (χ0n) is 75.7. The van der Waals surface area contributed by atoms with Crippen molar-refractivity contribution in [3.05, 3.63) is 275 Å². The summed E-state index contributed by atoms with van der Waals surface area (Å²) >= 11 is 2.17. The second kappa shape index (κ2) is 58.7. The van der Waals surface area contributed by atoms with Crippen LogP contribution in [0.25, 0.3) is 30.4 Å². The standard InChI is InChI=1S/C21H22N6O.C15H17N5O2.C15H13N5O2.C14H15N5O2.C8H9N3O2.C7H5IN2.C7H9N.C4H8O2.C2H6O.Li.H2O/c28-21(22-14-16-7-2-1-3-8-16)20-15-27(26-25-20)12-5-4-10-18-13-17-9-6-11-19(17)24-23-18;2*1-22-15(21)14-10-20(19-18-14)8-3-2-6-12-9-11-5-4-7-13(11)17-16-12;20-14(21)13-9-19(18-17-13)7-2-1-5-11-8-10-4-3-6-12(10)16-15-11;1-3-4-5-11-6-7(9-10-11)8(12)13-2;8-7-4-5-2-1-3-6(5)9-10-7;8-6-7-4-2-1-3-5-7;5-4-2-1-3-6-4;1-2-3;;/h1-3,6-9,13,15H,4-5,10-12,14H2,(H,22,28);4-5,9-10H,2-3,6-8H2,1H3;4-5,9-10H,3,7-8H2,1H3;3-4,8-9H,1-2,5-7H2,(H,20,21);1,6H,4-5H2,2H3;1-2,4H,3H2;1-5H,6,8H2;4-5H,1-3H2;3H,2H2,1H3;;1H2/q;;;;;;;;;+1;/p-1. The van der Waals surface area contributed by atoms with Crippen molar-refractivity contribution >= 4 is 82.8 Å². The van der Waals surface area contributed by atoms with Crippen LogP contribution in [0.15, 0.2) is 152 Å². The molecule has 1 aliphatic heterocycles. The number of amides is 1.